The van der Waals surface area contributed by atoms with Gasteiger partial charge in [-0.3, -0.25) is 0 Å². The smallest absolute Gasteiger partial charge is 0.105 e. The Bertz CT molecular complexity index is 297. The van der Waals surface area contributed by atoms with E-state index in [2.05, 4.69) is 37.4 Å². The first-order chi connectivity index (χ1) is 6.77. The Kier molecular flexibility index (Phi) is 3.23. The fourth-order valence-electron chi connectivity index (χ4n) is 2.06. The van der Waals surface area contributed by atoms with Crippen molar-refractivity contribution in [2.24, 2.45) is 0 Å². The number of hydrogen-bond acceptors (Lipinski definition) is 2. The molecule has 14 heavy (non-hydrogen) atoms. The Labute approximate surface area is 93.2 Å². The van der Waals surface area contributed by atoms with E-state index in [0.717, 1.165) is 4.60 Å². The summed E-state index contributed by atoms with van der Waals surface area (Å²) in [6.07, 6.45) is 7.57. The topological polar surface area (TPSA) is 21.1 Å². The molecule has 0 saturated carbocycles. The van der Waals surface area contributed by atoms with Gasteiger partial charge in [-0.05, 0) is 55.3 Å². The average molecular weight is 258 g/mol. The molecule has 1 aliphatic heterocycles. The number of likely N-dealkylation sites (tertiary alicyclic amines) is 1. The van der Waals surface area contributed by atoms with Crippen LogP contribution in [0.3, 0.4) is 0 Å². The molecule has 2 rings (SSSR count). The van der Waals surface area contributed by atoms with Gasteiger partial charge in [0, 0.05) is 6.04 Å². The van der Waals surface area contributed by atoms with Crippen molar-refractivity contribution in [2.75, 3.05) is 20.1 Å². The van der Waals surface area contributed by atoms with Crippen LogP contribution in [-0.4, -0.2) is 34.6 Å². The molecule has 1 aromatic rings. The molecule has 1 fully saturated rings. The van der Waals surface area contributed by atoms with Gasteiger partial charge in [-0.1, -0.05) is 0 Å². The standard InChI is InChI=1S/C10H16BrN3/c1-13-5-2-3-9(4-6-13)14-8-12-7-10(14)11/h7-9H,2-6H2,1H3. The third-order valence-electron chi connectivity index (χ3n) is 2.93. The first-order valence-corrected chi connectivity index (χ1v) is 5.92. The highest BCUT2D eigenvalue weighted by Gasteiger charge is 2.17. The zero-order chi connectivity index (χ0) is 9.97. The van der Waals surface area contributed by atoms with E-state index in [1.165, 1.54) is 32.4 Å². The summed E-state index contributed by atoms with van der Waals surface area (Å²) in [6.45, 7) is 2.41. The minimum Gasteiger partial charge on any atom is -0.322 e. The molecule has 3 nitrogen and oxygen atoms in total. The molecule has 78 valence electrons. The fourth-order valence-corrected chi connectivity index (χ4v) is 2.56. The van der Waals surface area contributed by atoms with Crippen LogP contribution in [0.1, 0.15) is 25.3 Å². The second-order valence-electron chi connectivity index (χ2n) is 4.01. The van der Waals surface area contributed by atoms with Crippen LogP contribution in [0.25, 0.3) is 0 Å². The zero-order valence-electron chi connectivity index (χ0n) is 8.49. The molecular weight excluding hydrogens is 242 g/mol. The van der Waals surface area contributed by atoms with E-state index in [1.54, 1.807) is 0 Å². The first kappa shape index (κ1) is 10.2. The van der Waals surface area contributed by atoms with Crippen LogP contribution in [0, 0.1) is 0 Å². The first-order valence-electron chi connectivity index (χ1n) is 5.13. The average Bonchev–Trinajstić information content (AvgIpc) is 2.46. The maximum absolute atomic E-state index is 4.15. The maximum atomic E-state index is 4.15. The van der Waals surface area contributed by atoms with Gasteiger partial charge in [0.25, 0.3) is 0 Å². The summed E-state index contributed by atoms with van der Waals surface area (Å²) >= 11 is 3.53. The Balaban J connectivity index is 2.08. The molecule has 1 atom stereocenters. The molecule has 4 heteroatoms. The number of rotatable bonds is 1. The Hall–Kier alpha value is -0.350. The highest BCUT2D eigenvalue weighted by molar-refractivity contribution is 9.10. The lowest BCUT2D eigenvalue weighted by atomic mass is 10.1. The summed E-state index contributed by atoms with van der Waals surface area (Å²) in [6, 6.07) is 0.622. The molecule has 0 amide bonds. The lowest BCUT2D eigenvalue weighted by molar-refractivity contribution is 0.340. The van der Waals surface area contributed by atoms with Gasteiger partial charge in [-0.2, -0.15) is 0 Å². The second-order valence-corrected chi connectivity index (χ2v) is 4.82. The summed E-state index contributed by atoms with van der Waals surface area (Å²) in [4.78, 5) is 6.56. The van der Waals surface area contributed by atoms with Gasteiger partial charge < -0.3 is 9.47 Å². The van der Waals surface area contributed by atoms with Crippen molar-refractivity contribution in [1.82, 2.24) is 14.5 Å². The summed E-state index contributed by atoms with van der Waals surface area (Å²) in [5.41, 5.74) is 0. The van der Waals surface area contributed by atoms with Crippen LogP contribution in [0.5, 0.6) is 0 Å². The van der Waals surface area contributed by atoms with Gasteiger partial charge >= 0.3 is 0 Å². The molecule has 0 aromatic carbocycles. The number of nitrogens with zero attached hydrogens (tertiary/aromatic N) is 3. The van der Waals surface area contributed by atoms with Crippen LogP contribution in [0.2, 0.25) is 0 Å². The predicted octanol–water partition coefficient (Wildman–Crippen LogP) is 2.30. The van der Waals surface area contributed by atoms with Crippen molar-refractivity contribution in [1.29, 1.82) is 0 Å². The fraction of sp³-hybridized carbons (Fsp3) is 0.700. The number of aromatic nitrogens is 2. The number of imidazole rings is 1. The van der Waals surface area contributed by atoms with Gasteiger partial charge in [-0.15, -0.1) is 0 Å². The number of hydrogen-bond donors (Lipinski definition) is 0. The molecule has 1 aliphatic rings. The van der Waals surface area contributed by atoms with Crippen molar-refractivity contribution >= 4 is 15.9 Å². The molecule has 1 saturated heterocycles. The van der Waals surface area contributed by atoms with Crippen LogP contribution in [0.4, 0.5) is 0 Å². The number of halogens is 1. The van der Waals surface area contributed by atoms with E-state index in [4.69, 9.17) is 0 Å². The molecular formula is C10H16BrN3. The van der Waals surface area contributed by atoms with Gasteiger partial charge in [0.2, 0.25) is 0 Å². The highest BCUT2D eigenvalue weighted by Crippen LogP contribution is 2.25. The third kappa shape index (κ3) is 2.17. The van der Waals surface area contributed by atoms with E-state index in [9.17, 15) is 0 Å². The van der Waals surface area contributed by atoms with E-state index in [-0.39, 0.29) is 0 Å². The Morgan fingerprint density at radius 1 is 1.43 bits per heavy atom. The van der Waals surface area contributed by atoms with Crippen LogP contribution in [0.15, 0.2) is 17.1 Å². The lowest BCUT2D eigenvalue weighted by Gasteiger charge is -2.17. The van der Waals surface area contributed by atoms with E-state index in [1.807, 2.05) is 12.5 Å². The molecule has 0 radical (unpaired) electrons. The molecule has 1 unspecified atom stereocenters. The van der Waals surface area contributed by atoms with Crippen LogP contribution < -0.4 is 0 Å². The molecule has 1 aromatic heterocycles. The van der Waals surface area contributed by atoms with Gasteiger partial charge in [0.05, 0.1) is 12.5 Å². The monoisotopic (exact) mass is 257 g/mol. The molecule has 0 spiro atoms. The predicted molar refractivity (Wildman–Crippen MR) is 60.3 cm³/mol. The van der Waals surface area contributed by atoms with Gasteiger partial charge in [0.1, 0.15) is 4.60 Å². The molecule has 2 heterocycles. The van der Waals surface area contributed by atoms with Crippen LogP contribution >= 0.6 is 15.9 Å². The van der Waals surface area contributed by atoms with Crippen molar-refractivity contribution in [3.8, 4) is 0 Å². The Morgan fingerprint density at radius 3 is 3.00 bits per heavy atom. The zero-order valence-corrected chi connectivity index (χ0v) is 10.1. The molecule has 0 bridgehead atoms. The maximum Gasteiger partial charge on any atom is 0.105 e. The SMILES string of the molecule is CN1CCCC(n2cncc2Br)CC1. The van der Waals surface area contributed by atoms with Crippen LogP contribution in [-0.2, 0) is 0 Å². The van der Waals surface area contributed by atoms with Crippen molar-refractivity contribution in [2.45, 2.75) is 25.3 Å². The molecule has 0 aliphatic carbocycles. The minimum atomic E-state index is 0.622. The van der Waals surface area contributed by atoms with E-state index < -0.39 is 0 Å². The van der Waals surface area contributed by atoms with E-state index in [0.29, 0.717) is 6.04 Å². The largest absolute Gasteiger partial charge is 0.322 e. The third-order valence-corrected chi connectivity index (χ3v) is 3.55. The van der Waals surface area contributed by atoms with Crippen molar-refractivity contribution < 1.29 is 0 Å². The summed E-state index contributed by atoms with van der Waals surface area (Å²) in [5.74, 6) is 0. The minimum absolute atomic E-state index is 0.622. The Morgan fingerprint density at radius 2 is 2.29 bits per heavy atom. The second kappa shape index (κ2) is 4.45. The normalized spacial score (nSPS) is 24.9. The van der Waals surface area contributed by atoms with Crippen molar-refractivity contribution in [3.63, 3.8) is 0 Å². The summed E-state index contributed by atoms with van der Waals surface area (Å²) in [5, 5.41) is 0. The highest BCUT2D eigenvalue weighted by atomic mass is 79.9. The van der Waals surface area contributed by atoms with Crippen molar-refractivity contribution in [3.05, 3.63) is 17.1 Å². The van der Waals surface area contributed by atoms with Gasteiger partial charge in [-0.25, -0.2) is 4.98 Å². The molecule has 0 N–H and O–H groups in total. The summed E-state index contributed by atoms with van der Waals surface area (Å²) < 4.78 is 3.35. The van der Waals surface area contributed by atoms with Gasteiger partial charge in [0.15, 0.2) is 0 Å². The van der Waals surface area contributed by atoms with E-state index >= 15 is 0 Å². The summed E-state index contributed by atoms with van der Waals surface area (Å²) in [7, 11) is 2.20. The quantitative estimate of drug-likeness (QED) is 0.770. The lowest BCUT2D eigenvalue weighted by Crippen LogP contribution is -2.19.